The lowest BCUT2D eigenvalue weighted by Crippen LogP contribution is -2.37. The van der Waals surface area contributed by atoms with Crippen molar-refractivity contribution in [2.45, 2.75) is 71.9 Å². The van der Waals surface area contributed by atoms with Gasteiger partial charge in [-0.3, -0.25) is 4.90 Å². The molecule has 3 heterocycles. The summed E-state index contributed by atoms with van der Waals surface area (Å²) in [5.74, 6) is 4.32. The van der Waals surface area contributed by atoms with Crippen molar-refractivity contribution in [3.63, 3.8) is 0 Å². The average Bonchev–Trinajstić information content (AvgIpc) is 3.09. The van der Waals surface area contributed by atoms with Crippen molar-refractivity contribution in [1.29, 1.82) is 0 Å². The van der Waals surface area contributed by atoms with Gasteiger partial charge in [-0.1, -0.05) is 33.6 Å². The molecule has 0 aromatic carbocycles. The van der Waals surface area contributed by atoms with Gasteiger partial charge in [0.05, 0.1) is 25.1 Å². The molecule has 3 aliphatic rings. The number of hydrogen-bond donors (Lipinski definition) is 1. The Balaban J connectivity index is 1.51. The van der Waals surface area contributed by atoms with Crippen LogP contribution in [-0.4, -0.2) is 47.2 Å². The van der Waals surface area contributed by atoms with Gasteiger partial charge in [-0.2, -0.15) is 0 Å². The zero-order valence-corrected chi connectivity index (χ0v) is 19.6. The first-order valence-electron chi connectivity index (χ1n) is 12.0. The molecule has 6 heteroatoms. The molecule has 2 aromatic rings. The molecule has 5 rings (SSSR count). The highest BCUT2D eigenvalue weighted by Gasteiger charge is 2.30. The lowest BCUT2D eigenvalue weighted by molar-refractivity contribution is 0.0331. The first-order chi connectivity index (χ1) is 14.6. The molecule has 164 valence electrons. The van der Waals surface area contributed by atoms with Gasteiger partial charge in [-0.15, -0.1) is 11.3 Å². The molecule has 0 bridgehead atoms. The van der Waals surface area contributed by atoms with Gasteiger partial charge in [0.25, 0.3) is 0 Å². The van der Waals surface area contributed by atoms with Crippen LogP contribution < -0.4 is 5.32 Å². The molecular formula is C24H36N4OS. The van der Waals surface area contributed by atoms with Crippen LogP contribution in [0.1, 0.15) is 62.7 Å². The fourth-order valence-corrected chi connectivity index (χ4v) is 6.88. The molecule has 2 fully saturated rings. The highest BCUT2D eigenvalue weighted by Crippen LogP contribution is 2.41. The number of aryl methyl sites for hydroxylation is 1. The van der Waals surface area contributed by atoms with Crippen molar-refractivity contribution in [1.82, 2.24) is 14.9 Å². The number of aromatic nitrogens is 2. The van der Waals surface area contributed by atoms with E-state index in [2.05, 4.69) is 31.0 Å². The molecular weight excluding hydrogens is 392 g/mol. The van der Waals surface area contributed by atoms with Gasteiger partial charge < -0.3 is 10.1 Å². The van der Waals surface area contributed by atoms with E-state index >= 15 is 0 Å². The highest BCUT2D eigenvalue weighted by atomic mass is 32.1. The Bertz CT molecular complexity index is 891. The van der Waals surface area contributed by atoms with Gasteiger partial charge >= 0.3 is 0 Å². The van der Waals surface area contributed by atoms with Crippen molar-refractivity contribution in [3.8, 4) is 0 Å². The third kappa shape index (κ3) is 4.11. The third-order valence-electron chi connectivity index (χ3n) is 7.70. The summed E-state index contributed by atoms with van der Waals surface area (Å²) in [5, 5.41) is 5.27. The maximum Gasteiger partial charge on any atom is 0.146 e. The summed E-state index contributed by atoms with van der Waals surface area (Å²) in [6.45, 7) is 11.6. The van der Waals surface area contributed by atoms with Crippen molar-refractivity contribution in [3.05, 3.63) is 16.3 Å². The molecule has 1 saturated heterocycles. The molecule has 1 N–H and O–H groups in total. The Morgan fingerprint density at radius 3 is 2.77 bits per heavy atom. The Hall–Kier alpha value is -1.24. The monoisotopic (exact) mass is 428 g/mol. The molecule has 30 heavy (non-hydrogen) atoms. The van der Waals surface area contributed by atoms with E-state index in [1.54, 1.807) is 4.88 Å². The molecule has 5 nitrogen and oxygen atoms in total. The fraction of sp³-hybridized carbons (Fsp3) is 0.750. The fourth-order valence-electron chi connectivity index (χ4n) is 5.48. The highest BCUT2D eigenvalue weighted by molar-refractivity contribution is 7.19. The molecule has 0 unspecified atom stereocenters. The molecule has 1 aliphatic heterocycles. The number of hydrogen-bond acceptors (Lipinski definition) is 6. The molecule has 0 radical (unpaired) electrons. The molecule has 2 aliphatic carbocycles. The summed E-state index contributed by atoms with van der Waals surface area (Å²) in [4.78, 5) is 15.4. The van der Waals surface area contributed by atoms with Gasteiger partial charge in [-0.25, -0.2) is 9.97 Å². The predicted octanol–water partition coefficient (Wildman–Crippen LogP) is 4.88. The lowest BCUT2D eigenvalue weighted by atomic mass is 9.78. The van der Waals surface area contributed by atoms with Crippen molar-refractivity contribution < 1.29 is 4.74 Å². The van der Waals surface area contributed by atoms with Crippen LogP contribution in [0.3, 0.4) is 0 Å². The lowest BCUT2D eigenvalue weighted by Gasteiger charge is -2.35. The smallest absolute Gasteiger partial charge is 0.146 e. The van der Waals surface area contributed by atoms with E-state index in [4.69, 9.17) is 14.7 Å². The Morgan fingerprint density at radius 2 is 1.93 bits per heavy atom. The van der Waals surface area contributed by atoms with E-state index in [9.17, 15) is 0 Å². The Morgan fingerprint density at radius 1 is 1.10 bits per heavy atom. The van der Waals surface area contributed by atoms with E-state index < -0.39 is 0 Å². The number of nitrogens with zero attached hydrogens (tertiary/aromatic N) is 3. The third-order valence-corrected chi connectivity index (χ3v) is 8.85. The van der Waals surface area contributed by atoms with Gasteiger partial charge in [0.15, 0.2) is 0 Å². The second-order valence-electron chi connectivity index (χ2n) is 9.93. The van der Waals surface area contributed by atoms with Crippen LogP contribution in [0.4, 0.5) is 5.82 Å². The number of rotatable bonds is 4. The van der Waals surface area contributed by atoms with Crippen molar-refractivity contribution >= 4 is 27.4 Å². The normalized spacial score (nSPS) is 30.4. The average molecular weight is 429 g/mol. The number of anilines is 1. The summed E-state index contributed by atoms with van der Waals surface area (Å²) < 4.78 is 5.53. The molecule has 2 aromatic heterocycles. The maximum atomic E-state index is 5.53. The minimum Gasteiger partial charge on any atom is -0.379 e. The zero-order valence-electron chi connectivity index (χ0n) is 18.7. The zero-order chi connectivity index (χ0) is 20.7. The molecule has 1 saturated carbocycles. The van der Waals surface area contributed by atoms with Gasteiger partial charge in [0.2, 0.25) is 0 Å². The van der Waals surface area contributed by atoms with Gasteiger partial charge in [0.1, 0.15) is 16.5 Å². The van der Waals surface area contributed by atoms with E-state index in [0.29, 0.717) is 12.0 Å². The van der Waals surface area contributed by atoms with Crippen LogP contribution in [0.2, 0.25) is 0 Å². The number of nitrogens with one attached hydrogen (secondary N) is 1. The second-order valence-corrected chi connectivity index (χ2v) is 11.0. The first-order valence-corrected chi connectivity index (χ1v) is 12.8. The van der Waals surface area contributed by atoms with Crippen LogP contribution in [0.15, 0.2) is 0 Å². The van der Waals surface area contributed by atoms with E-state index in [-0.39, 0.29) is 0 Å². The van der Waals surface area contributed by atoms with Crippen LogP contribution in [-0.2, 0) is 24.1 Å². The van der Waals surface area contributed by atoms with Crippen molar-refractivity contribution in [2.24, 2.45) is 17.8 Å². The number of ether oxygens (including phenoxy) is 1. The summed E-state index contributed by atoms with van der Waals surface area (Å²) in [6.07, 6.45) is 7.58. The van der Waals surface area contributed by atoms with E-state index in [1.165, 1.54) is 54.3 Å². The van der Waals surface area contributed by atoms with Crippen molar-refractivity contribution in [2.75, 3.05) is 31.6 Å². The minimum absolute atomic E-state index is 0.515. The number of morpholine rings is 1. The van der Waals surface area contributed by atoms with E-state index in [0.717, 1.165) is 56.3 Å². The van der Waals surface area contributed by atoms with Gasteiger partial charge in [-0.05, 0) is 49.0 Å². The SMILES string of the molecule is C[C@@H]1CCc2c(sc3nc(CN4CCOCC4)nc(N[C@@H]4CCC[C@H](C)[C@H]4C)c23)C1. The van der Waals surface area contributed by atoms with Crippen LogP contribution in [0.25, 0.3) is 10.2 Å². The summed E-state index contributed by atoms with van der Waals surface area (Å²) in [6, 6.07) is 0.515. The second kappa shape index (κ2) is 8.71. The summed E-state index contributed by atoms with van der Waals surface area (Å²) in [7, 11) is 0. The first kappa shape index (κ1) is 20.7. The Kier molecular flexibility index (Phi) is 6.00. The van der Waals surface area contributed by atoms with Crippen LogP contribution >= 0.6 is 11.3 Å². The molecule has 4 atom stereocenters. The number of fused-ring (bicyclic) bond motifs is 3. The number of thiophene rings is 1. The summed E-state index contributed by atoms with van der Waals surface area (Å²) in [5.41, 5.74) is 1.53. The molecule has 0 amide bonds. The molecule has 0 spiro atoms. The van der Waals surface area contributed by atoms with Crippen LogP contribution in [0.5, 0.6) is 0 Å². The maximum absolute atomic E-state index is 5.53. The largest absolute Gasteiger partial charge is 0.379 e. The van der Waals surface area contributed by atoms with E-state index in [1.807, 2.05) is 11.3 Å². The predicted molar refractivity (Wildman–Crippen MR) is 124 cm³/mol. The Labute approximate surface area is 184 Å². The van der Waals surface area contributed by atoms with Gasteiger partial charge in [0, 0.05) is 24.0 Å². The summed E-state index contributed by atoms with van der Waals surface area (Å²) >= 11 is 1.92. The standard InChI is InChI=1S/C24H36N4OS/c1-15-7-8-18-20(13-15)30-24-22(18)23(25-19-6-4-5-16(2)17(19)3)26-21(27-24)14-28-9-11-29-12-10-28/h15-17,19H,4-14H2,1-3H3,(H,25,26,27)/t15-,16+,17-,19-/m1/s1. The topological polar surface area (TPSA) is 50.3 Å². The quantitative estimate of drug-likeness (QED) is 0.752. The minimum atomic E-state index is 0.515. The van der Waals surface area contributed by atoms with Crippen LogP contribution in [0, 0.1) is 17.8 Å².